The third kappa shape index (κ3) is 51.6. The van der Waals surface area contributed by atoms with Gasteiger partial charge in [-0.3, -0.25) is 9.59 Å². The van der Waals surface area contributed by atoms with Gasteiger partial charge in [0.25, 0.3) is 0 Å². The van der Waals surface area contributed by atoms with E-state index in [0.717, 1.165) is 83.5 Å². The molecule has 0 heterocycles. The first-order valence-corrected chi connectivity index (χ1v) is 26.6. The molecule has 1 unspecified atom stereocenters. The minimum Gasteiger partial charge on any atom is -0.462 e. The van der Waals surface area contributed by atoms with Crippen molar-refractivity contribution < 1.29 is 24.2 Å². The van der Waals surface area contributed by atoms with E-state index >= 15 is 0 Å². The van der Waals surface area contributed by atoms with Gasteiger partial charge in [0.15, 0.2) is 6.10 Å². The summed E-state index contributed by atoms with van der Waals surface area (Å²) in [6.45, 7) is 4.04. The Labute approximate surface area is 390 Å². The Hall–Kier alpha value is -2.92. The zero-order valence-electron chi connectivity index (χ0n) is 41.3. The van der Waals surface area contributed by atoms with Crippen LogP contribution in [0.4, 0.5) is 0 Å². The lowest BCUT2D eigenvalue weighted by molar-refractivity contribution is -0.161. The molecular formula is C58H100O5. The van der Waals surface area contributed by atoms with E-state index in [9.17, 15) is 14.7 Å². The molecule has 5 heteroatoms. The highest BCUT2D eigenvalue weighted by Gasteiger charge is 2.16. The molecule has 0 radical (unpaired) electrons. The summed E-state index contributed by atoms with van der Waals surface area (Å²) in [6, 6.07) is 0. The number of hydrogen-bond acceptors (Lipinski definition) is 5. The van der Waals surface area contributed by atoms with Crippen LogP contribution in [0.15, 0.2) is 85.1 Å². The number of ether oxygens (including phenoxy) is 2. The second-order valence-corrected chi connectivity index (χ2v) is 17.6. The van der Waals surface area contributed by atoms with Gasteiger partial charge in [0, 0.05) is 12.8 Å². The lowest BCUT2D eigenvalue weighted by Gasteiger charge is -2.15. The first kappa shape index (κ1) is 60.1. The van der Waals surface area contributed by atoms with Crippen LogP contribution in [0.3, 0.4) is 0 Å². The van der Waals surface area contributed by atoms with E-state index in [1.807, 2.05) is 0 Å². The smallest absolute Gasteiger partial charge is 0.306 e. The van der Waals surface area contributed by atoms with Crippen molar-refractivity contribution in [3.8, 4) is 0 Å². The second-order valence-electron chi connectivity index (χ2n) is 17.6. The van der Waals surface area contributed by atoms with Crippen molar-refractivity contribution in [2.24, 2.45) is 0 Å². The average Bonchev–Trinajstić information content (AvgIpc) is 3.29. The number of aliphatic hydroxyl groups is 1. The lowest BCUT2D eigenvalue weighted by atomic mass is 10.0. The first-order valence-electron chi connectivity index (χ1n) is 26.6. The number of hydrogen-bond donors (Lipinski definition) is 1. The van der Waals surface area contributed by atoms with Crippen molar-refractivity contribution in [2.75, 3.05) is 13.2 Å². The van der Waals surface area contributed by atoms with Crippen LogP contribution in [0, 0.1) is 0 Å². The van der Waals surface area contributed by atoms with Gasteiger partial charge in [-0.2, -0.15) is 0 Å². The lowest BCUT2D eigenvalue weighted by Crippen LogP contribution is -2.28. The van der Waals surface area contributed by atoms with Crippen LogP contribution in [-0.2, 0) is 19.1 Å². The molecule has 63 heavy (non-hydrogen) atoms. The van der Waals surface area contributed by atoms with Crippen LogP contribution in [0.2, 0.25) is 0 Å². The second kappa shape index (κ2) is 53.4. The summed E-state index contributed by atoms with van der Waals surface area (Å²) in [7, 11) is 0. The van der Waals surface area contributed by atoms with Gasteiger partial charge in [-0.15, -0.1) is 0 Å². The minimum atomic E-state index is -0.775. The number of aliphatic hydroxyl groups excluding tert-OH is 1. The number of allylic oxidation sites excluding steroid dienone is 14. The van der Waals surface area contributed by atoms with Crippen molar-refractivity contribution in [2.45, 2.75) is 258 Å². The van der Waals surface area contributed by atoms with Crippen molar-refractivity contribution >= 4 is 11.9 Å². The van der Waals surface area contributed by atoms with E-state index in [2.05, 4.69) is 98.9 Å². The SMILES string of the molecule is CC/C=C\C/C=C\C/C=C\C/C=C\C/C=C\C/C=C\C/C=C\CCCCCCCCCCCCCC(=O)OC(CO)COC(=O)CCCCCCCCCCCCCCCCCC. The van der Waals surface area contributed by atoms with Gasteiger partial charge in [0.2, 0.25) is 0 Å². The molecule has 0 aromatic carbocycles. The quantitative estimate of drug-likeness (QED) is 0.0374. The van der Waals surface area contributed by atoms with Crippen LogP contribution in [-0.4, -0.2) is 36.4 Å². The van der Waals surface area contributed by atoms with Gasteiger partial charge < -0.3 is 14.6 Å². The highest BCUT2D eigenvalue weighted by atomic mass is 16.6. The summed E-state index contributed by atoms with van der Waals surface area (Å²) < 4.78 is 10.7. The zero-order chi connectivity index (χ0) is 45.6. The fraction of sp³-hybridized carbons (Fsp3) is 0.724. The van der Waals surface area contributed by atoms with Gasteiger partial charge in [-0.25, -0.2) is 0 Å². The van der Waals surface area contributed by atoms with E-state index in [1.165, 1.54) is 141 Å². The van der Waals surface area contributed by atoms with Gasteiger partial charge >= 0.3 is 11.9 Å². The molecule has 0 aromatic rings. The minimum absolute atomic E-state index is 0.0668. The average molecular weight is 877 g/mol. The molecule has 0 spiro atoms. The predicted octanol–water partition coefficient (Wildman–Crippen LogP) is 17.8. The van der Waals surface area contributed by atoms with Crippen LogP contribution in [0.25, 0.3) is 0 Å². The number of rotatable bonds is 48. The Balaban J connectivity index is 3.53. The standard InChI is InChI=1S/C58H100O5/c1-3-5-7-9-11-13-15-17-19-21-22-23-24-25-26-27-28-29-30-31-32-33-34-35-36-37-39-41-43-45-47-49-51-53-58(61)63-56(54-59)55-62-57(60)52-50-48-46-44-42-40-38-20-18-16-14-12-10-8-6-4-2/h5,7,11,13,17,19,22-23,25-26,28-29,31-32,56,59H,3-4,6,8-10,12,14-16,18,20-21,24,27,30,33-55H2,1-2H3/b7-5-,13-11-,19-17-,23-22-,26-25-,29-28-,32-31-. The molecule has 362 valence electrons. The number of carbonyl (C=O) groups is 2. The van der Waals surface area contributed by atoms with Crippen LogP contribution >= 0.6 is 0 Å². The molecular weight excluding hydrogens is 777 g/mol. The topological polar surface area (TPSA) is 72.8 Å². The maximum atomic E-state index is 12.3. The van der Waals surface area contributed by atoms with Crippen LogP contribution < -0.4 is 0 Å². The summed E-state index contributed by atoms with van der Waals surface area (Å²) >= 11 is 0. The van der Waals surface area contributed by atoms with E-state index in [4.69, 9.17) is 9.47 Å². The number of carbonyl (C=O) groups excluding carboxylic acids is 2. The normalized spacial score (nSPS) is 12.9. The van der Waals surface area contributed by atoms with Crippen molar-refractivity contribution in [3.63, 3.8) is 0 Å². The van der Waals surface area contributed by atoms with E-state index < -0.39 is 6.10 Å². The van der Waals surface area contributed by atoms with Crippen LogP contribution in [0.5, 0.6) is 0 Å². The largest absolute Gasteiger partial charge is 0.462 e. The molecule has 0 fully saturated rings. The van der Waals surface area contributed by atoms with Gasteiger partial charge in [0.1, 0.15) is 6.61 Å². The fourth-order valence-electron chi connectivity index (χ4n) is 7.48. The monoisotopic (exact) mass is 877 g/mol. The van der Waals surface area contributed by atoms with E-state index in [-0.39, 0.29) is 25.2 Å². The van der Waals surface area contributed by atoms with Gasteiger partial charge in [-0.1, -0.05) is 253 Å². The molecule has 0 saturated heterocycles. The Morgan fingerprint density at radius 1 is 0.381 bits per heavy atom. The highest BCUT2D eigenvalue weighted by molar-refractivity contribution is 5.70. The van der Waals surface area contributed by atoms with E-state index in [1.54, 1.807) is 0 Å². The number of esters is 2. The van der Waals surface area contributed by atoms with Gasteiger partial charge in [0.05, 0.1) is 6.61 Å². The zero-order valence-corrected chi connectivity index (χ0v) is 41.3. The molecule has 0 amide bonds. The van der Waals surface area contributed by atoms with E-state index in [0.29, 0.717) is 12.8 Å². The number of unbranched alkanes of at least 4 members (excludes halogenated alkanes) is 26. The molecule has 5 nitrogen and oxygen atoms in total. The third-order valence-corrected chi connectivity index (χ3v) is 11.5. The summed E-state index contributed by atoms with van der Waals surface area (Å²) in [5.41, 5.74) is 0. The van der Waals surface area contributed by atoms with Crippen LogP contribution in [0.1, 0.15) is 251 Å². The predicted molar refractivity (Wildman–Crippen MR) is 274 cm³/mol. The molecule has 0 bridgehead atoms. The Bertz CT molecular complexity index is 1170. The Morgan fingerprint density at radius 2 is 0.683 bits per heavy atom. The summed E-state index contributed by atoms with van der Waals surface area (Å²) in [4.78, 5) is 24.4. The molecule has 1 N–H and O–H groups in total. The Morgan fingerprint density at radius 3 is 1.03 bits per heavy atom. The summed E-state index contributed by atoms with van der Waals surface area (Å²) in [6.07, 6.45) is 74.0. The molecule has 0 aliphatic carbocycles. The maximum Gasteiger partial charge on any atom is 0.306 e. The maximum absolute atomic E-state index is 12.3. The molecule has 0 aliphatic heterocycles. The highest BCUT2D eigenvalue weighted by Crippen LogP contribution is 2.16. The Kier molecular flexibility index (Phi) is 50.9. The van der Waals surface area contributed by atoms with Gasteiger partial charge in [-0.05, 0) is 70.6 Å². The van der Waals surface area contributed by atoms with Crippen molar-refractivity contribution in [3.05, 3.63) is 85.1 Å². The summed E-state index contributed by atoms with van der Waals surface area (Å²) in [5, 5.41) is 9.63. The summed E-state index contributed by atoms with van der Waals surface area (Å²) in [5.74, 6) is -0.588. The molecule has 0 aliphatic rings. The third-order valence-electron chi connectivity index (χ3n) is 11.5. The fourth-order valence-corrected chi connectivity index (χ4v) is 7.48. The molecule has 0 aromatic heterocycles. The first-order chi connectivity index (χ1) is 31.1. The molecule has 0 saturated carbocycles. The molecule has 0 rings (SSSR count). The molecule has 1 atom stereocenters. The van der Waals surface area contributed by atoms with Crippen molar-refractivity contribution in [1.82, 2.24) is 0 Å². The van der Waals surface area contributed by atoms with Crippen molar-refractivity contribution in [1.29, 1.82) is 0 Å².